The van der Waals surface area contributed by atoms with Crippen LogP contribution in [-0.4, -0.2) is 48.5 Å². The van der Waals surface area contributed by atoms with E-state index in [1.54, 1.807) is 0 Å². The van der Waals surface area contributed by atoms with E-state index in [1.165, 1.54) is 5.56 Å². The van der Waals surface area contributed by atoms with E-state index in [4.69, 9.17) is 9.97 Å². The largest absolute Gasteiger partial charge is 0.393 e. The summed E-state index contributed by atoms with van der Waals surface area (Å²) in [5.41, 5.74) is 1.71. The van der Waals surface area contributed by atoms with Crippen molar-refractivity contribution >= 4 is 22.7 Å². The first kappa shape index (κ1) is 21.8. The molecule has 174 valence electrons. The zero-order valence-corrected chi connectivity index (χ0v) is 19.4. The van der Waals surface area contributed by atoms with Crippen molar-refractivity contribution < 1.29 is 10.2 Å². The van der Waals surface area contributed by atoms with Gasteiger partial charge in [-0.1, -0.05) is 6.92 Å². The summed E-state index contributed by atoms with van der Waals surface area (Å²) in [6.07, 6.45) is 13.9. The number of aliphatic hydroxyl groups is 2. The Hall–Kier alpha value is -1.99. The number of hydrogen-bond acceptors (Lipinski definition) is 7. The Morgan fingerprint density at radius 3 is 2.38 bits per heavy atom. The predicted octanol–water partition coefficient (Wildman–Crippen LogP) is 4.50. The van der Waals surface area contributed by atoms with Crippen molar-refractivity contribution in [2.75, 3.05) is 10.6 Å². The molecule has 2 bridgehead atoms. The number of nitrogens with zero attached hydrogens (tertiary/aromatic N) is 3. The summed E-state index contributed by atoms with van der Waals surface area (Å²) in [6.45, 7) is 4.29. The minimum absolute atomic E-state index is 0.00845. The Morgan fingerprint density at radius 1 is 1.03 bits per heavy atom. The highest BCUT2D eigenvalue weighted by molar-refractivity contribution is 5.91. The molecule has 0 amide bonds. The van der Waals surface area contributed by atoms with Crippen molar-refractivity contribution in [2.24, 2.45) is 0 Å². The van der Waals surface area contributed by atoms with Gasteiger partial charge in [-0.25, -0.2) is 15.0 Å². The molecule has 1 atom stereocenters. The van der Waals surface area contributed by atoms with Gasteiger partial charge in [-0.2, -0.15) is 0 Å². The molecule has 4 saturated carbocycles. The minimum Gasteiger partial charge on any atom is -0.393 e. The normalized spacial score (nSPS) is 33.2. The number of aliphatic hydroxyl groups excluding tert-OH is 1. The molecule has 2 heterocycles. The van der Waals surface area contributed by atoms with Gasteiger partial charge in [0.2, 0.25) is 5.95 Å². The maximum atomic E-state index is 10.6. The zero-order valence-electron chi connectivity index (χ0n) is 19.4. The van der Waals surface area contributed by atoms with E-state index < -0.39 is 5.60 Å². The maximum Gasteiger partial charge on any atom is 0.223 e. The summed E-state index contributed by atoms with van der Waals surface area (Å²) >= 11 is 0. The molecule has 6 rings (SSSR count). The van der Waals surface area contributed by atoms with Crippen LogP contribution in [0.5, 0.6) is 0 Å². The van der Waals surface area contributed by atoms with E-state index >= 15 is 0 Å². The highest BCUT2D eigenvalue weighted by atomic mass is 16.3. The predicted molar refractivity (Wildman–Crippen MR) is 127 cm³/mol. The lowest BCUT2D eigenvalue weighted by atomic mass is 9.63. The highest BCUT2D eigenvalue weighted by Crippen LogP contribution is 2.48. The van der Waals surface area contributed by atoms with Crippen LogP contribution < -0.4 is 10.6 Å². The van der Waals surface area contributed by atoms with Crippen LogP contribution in [0.4, 0.5) is 11.8 Å². The smallest absolute Gasteiger partial charge is 0.223 e. The first-order valence-electron chi connectivity index (χ1n) is 12.5. The number of anilines is 2. The Labute approximate surface area is 190 Å². The highest BCUT2D eigenvalue weighted by Gasteiger charge is 2.48. The molecule has 0 aliphatic heterocycles. The summed E-state index contributed by atoms with van der Waals surface area (Å²) in [5, 5.41) is 28.8. The number of fused-ring (bicyclic) bond motifs is 4. The Kier molecular flexibility index (Phi) is 5.74. The van der Waals surface area contributed by atoms with Gasteiger partial charge in [-0.3, -0.25) is 0 Å². The molecule has 7 nitrogen and oxygen atoms in total. The van der Waals surface area contributed by atoms with Crippen LogP contribution in [0.2, 0.25) is 0 Å². The van der Waals surface area contributed by atoms with E-state index in [2.05, 4.69) is 29.5 Å². The molecule has 2 aromatic rings. The van der Waals surface area contributed by atoms with Crippen LogP contribution in [0.1, 0.15) is 96.0 Å². The molecule has 0 aromatic carbocycles. The van der Waals surface area contributed by atoms with E-state index in [1.807, 2.05) is 12.4 Å². The molecular formula is C25H37N5O2. The number of pyridine rings is 1. The summed E-state index contributed by atoms with van der Waals surface area (Å²) in [5.74, 6) is 1.90. The average Bonchev–Trinajstić information content (AvgIpc) is 2.81. The Morgan fingerprint density at radius 2 is 1.72 bits per heavy atom. The van der Waals surface area contributed by atoms with Crippen LogP contribution in [0.25, 0.3) is 10.9 Å². The van der Waals surface area contributed by atoms with Crippen molar-refractivity contribution in [3.05, 3.63) is 18.0 Å². The molecule has 7 heteroatoms. The molecule has 4 N–H and O–H groups in total. The maximum absolute atomic E-state index is 10.6. The van der Waals surface area contributed by atoms with Crippen molar-refractivity contribution in [1.82, 2.24) is 15.0 Å². The van der Waals surface area contributed by atoms with Gasteiger partial charge in [-0.05, 0) is 83.5 Å². The minimum atomic E-state index is -0.450. The lowest BCUT2D eigenvalue weighted by Gasteiger charge is -2.51. The fourth-order valence-electron chi connectivity index (χ4n) is 5.82. The number of aromatic nitrogens is 3. The summed E-state index contributed by atoms with van der Waals surface area (Å²) in [6, 6.07) is 0.308. The topological polar surface area (TPSA) is 103 Å². The third kappa shape index (κ3) is 4.17. The monoisotopic (exact) mass is 439 g/mol. The van der Waals surface area contributed by atoms with Gasteiger partial charge in [0.25, 0.3) is 0 Å². The Balaban J connectivity index is 1.50. The second-order valence-corrected chi connectivity index (χ2v) is 10.6. The second-order valence-electron chi connectivity index (χ2n) is 10.6. The lowest BCUT2D eigenvalue weighted by molar-refractivity contribution is -0.0580. The van der Waals surface area contributed by atoms with Crippen LogP contribution in [0, 0.1) is 0 Å². The average molecular weight is 440 g/mol. The van der Waals surface area contributed by atoms with Crippen molar-refractivity contribution in [3.8, 4) is 0 Å². The first-order chi connectivity index (χ1) is 15.4. The molecule has 0 spiro atoms. The third-order valence-corrected chi connectivity index (χ3v) is 8.36. The van der Waals surface area contributed by atoms with E-state index in [0.29, 0.717) is 17.9 Å². The van der Waals surface area contributed by atoms with Crippen molar-refractivity contribution in [1.29, 1.82) is 0 Å². The van der Waals surface area contributed by atoms with Gasteiger partial charge >= 0.3 is 0 Å². The van der Waals surface area contributed by atoms with Crippen molar-refractivity contribution in [3.63, 3.8) is 0 Å². The summed E-state index contributed by atoms with van der Waals surface area (Å²) in [7, 11) is 0. The van der Waals surface area contributed by atoms with Crippen LogP contribution in [0.3, 0.4) is 0 Å². The van der Waals surface area contributed by atoms with Gasteiger partial charge in [0.05, 0.1) is 22.6 Å². The fourth-order valence-corrected chi connectivity index (χ4v) is 5.82. The molecule has 4 fully saturated rings. The zero-order chi connectivity index (χ0) is 22.3. The van der Waals surface area contributed by atoms with Crippen LogP contribution >= 0.6 is 0 Å². The van der Waals surface area contributed by atoms with Gasteiger partial charge < -0.3 is 20.8 Å². The van der Waals surface area contributed by atoms with Crippen LogP contribution in [-0.2, 0) is 0 Å². The molecule has 4 aliphatic carbocycles. The third-order valence-electron chi connectivity index (χ3n) is 8.36. The summed E-state index contributed by atoms with van der Waals surface area (Å²) < 4.78 is 0. The van der Waals surface area contributed by atoms with Gasteiger partial charge in [0.15, 0.2) is 0 Å². The molecular weight excluding hydrogens is 402 g/mol. The second kappa shape index (κ2) is 8.41. The fraction of sp³-hybridized carbons (Fsp3) is 0.720. The van der Waals surface area contributed by atoms with Gasteiger partial charge in [-0.15, -0.1) is 0 Å². The van der Waals surface area contributed by atoms with Crippen molar-refractivity contribution in [2.45, 2.75) is 114 Å². The Bertz CT molecular complexity index is 948. The molecule has 4 aliphatic rings. The molecule has 0 radical (unpaired) electrons. The SMILES string of the molecule is CC[C@H](C)Nc1ncc2c(NC34CCC(O)(CC3)CC4)ncc(C3CCC(O)CC3)c2n1. The number of hydrogen-bond donors (Lipinski definition) is 4. The lowest BCUT2D eigenvalue weighted by Crippen LogP contribution is -2.53. The number of rotatable bonds is 6. The van der Waals surface area contributed by atoms with Gasteiger partial charge in [0.1, 0.15) is 5.82 Å². The standard InChI is InChI=1S/C25H37N5O2/c1-3-16(2)28-23-27-15-20-21(29-23)19(17-4-6-18(31)7-5-17)14-26-22(20)30-24-8-11-25(32,12-9-24)13-10-24/h14-18,31-32H,3-13H2,1-2H3,(H,26,30)(H,27,28,29)/t16-,17?,18?,24?,25?/m0/s1. The molecule has 2 aromatic heterocycles. The molecule has 0 saturated heterocycles. The first-order valence-corrected chi connectivity index (χ1v) is 12.5. The molecule has 32 heavy (non-hydrogen) atoms. The van der Waals surface area contributed by atoms with Gasteiger partial charge in [0, 0.05) is 29.5 Å². The van der Waals surface area contributed by atoms with E-state index in [-0.39, 0.29) is 11.6 Å². The number of nitrogens with one attached hydrogen (secondary N) is 2. The van der Waals surface area contributed by atoms with Crippen LogP contribution in [0.15, 0.2) is 12.4 Å². The molecule has 0 unspecified atom stereocenters. The quantitative estimate of drug-likeness (QED) is 0.525. The van der Waals surface area contributed by atoms with E-state index in [9.17, 15) is 10.2 Å². The summed E-state index contributed by atoms with van der Waals surface area (Å²) in [4.78, 5) is 14.5. The van der Waals surface area contributed by atoms with E-state index in [0.717, 1.165) is 87.3 Å².